The molecule has 2 saturated heterocycles. The molecule has 0 saturated carbocycles. The van der Waals surface area contributed by atoms with Gasteiger partial charge in [0.15, 0.2) is 5.82 Å². The van der Waals surface area contributed by atoms with Gasteiger partial charge < -0.3 is 9.64 Å². The number of nitrogens with one attached hydrogen (secondary N) is 1. The van der Waals surface area contributed by atoms with Crippen molar-refractivity contribution in [2.75, 3.05) is 63.6 Å². The summed E-state index contributed by atoms with van der Waals surface area (Å²) in [5, 5.41) is 7.31. The van der Waals surface area contributed by atoms with Gasteiger partial charge in [0.25, 0.3) is 0 Å². The number of rotatable bonds is 5. The summed E-state index contributed by atoms with van der Waals surface area (Å²) in [7, 11) is -3.13. The third-order valence-electron chi connectivity index (χ3n) is 6.96. The minimum atomic E-state index is -3.13. The van der Waals surface area contributed by atoms with Gasteiger partial charge in [-0.25, -0.2) is 18.4 Å². The molecular formula is C23H29N7O3S2. The summed E-state index contributed by atoms with van der Waals surface area (Å²) < 4.78 is 32.0. The summed E-state index contributed by atoms with van der Waals surface area (Å²) in [5.74, 6) is 1.90. The van der Waals surface area contributed by atoms with E-state index in [2.05, 4.69) is 38.2 Å². The van der Waals surface area contributed by atoms with Crippen molar-refractivity contribution in [2.24, 2.45) is 0 Å². The quantitative estimate of drug-likeness (QED) is 0.549. The van der Waals surface area contributed by atoms with E-state index in [1.54, 1.807) is 15.6 Å². The Balaban J connectivity index is 1.32. The molecule has 1 N–H and O–H groups in total. The van der Waals surface area contributed by atoms with E-state index in [-0.39, 0.29) is 5.92 Å². The van der Waals surface area contributed by atoms with Gasteiger partial charge in [-0.15, -0.1) is 11.3 Å². The second-order valence-corrected chi connectivity index (χ2v) is 12.4. The standard InChI is InChI=1S/C23H29N7O3S2/c1-35(31,32)30-7-5-28(6-8-30)15-16-13-20-21(34-16)23(29-9-11-33-12-10-29)26-22(25-20)17-3-2-4-19-18(17)14-24-27-19/h2,4,13-14,17H,3,5-12,15H2,1H3,(H,24,27). The summed E-state index contributed by atoms with van der Waals surface area (Å²) >= 11 is 1.75. The zero-order valence-electron chi connectivity index (χ0n) is 19.7. The van der Waals surface area contributed by atoms with E-state index in [4.69, 9.17) is 14.7 Å². The monoisotopic (exact) mass is 515 g/mol. The average Bonchev–Trinajstić information content (AvgIpc) is 3.50. The minimum Gasteiger partial charge on any atom is -0.378 e. The molecule has 1 unspecified atom stereocenters. The molecule has 2 aliphatic heterocycles. The van der Waals surface area contributed by atoms with Crippen molar-refractivity contribution in [3.63, 3.8) is 0 Å². The third-order valence-corrected chi connectivity index (χ3v) is 9.36. The van der Waals surface area contributed by atoms with E-state index in [9.17, 15) is 8.42 Å². The van der Waals surface area contributed by atoms with Gasteiger partial charge in [-0.3, -0.25) is 10.00 Å². The molecule has 0 aromatic carbocycles. The summed E-state index contributed by atoms with van der Waals surface area (Å²) in [6.07, 6.45) is 8.25. The number of morpholine rings is 1. The molecule has 0 radical (unpaired) electrons. The van der Waals surface area contributed by atoms with E-state index < -0.39 is 10.0 Å². The number of anilines is 1. The largest absolute Gasteiger partial charge is 0.378 e. The fourth-order valence-electron chi connectivity index (χ4n) is 5.05. The van der Waals surface area contributed by atoms with Crippen molar-refractivity contribution in [3.05, 3.63) is 40.3 Å². The summed E-state index contributed by atoms with van der Waals surface area (Å²) in [6.45, 7) is 6.34. The highest BCUT2D eigenvalue weighted by atomic mass is 32.2. The smallest absolute Gasteiger partial charge is 0.211 e. The van der Waals surface area contributed by atoms with Crippen LogP contribution in [0.3, 0.4) is 0 Å². The Labute approximate surface area is 208 Å². The molecule has 35 heavy (non-hydrogen) atoms. The van der Waals surface area contributed by atoms with E-state index >= 15 is 0 Å². The first-order valence-electron chi connectivity index (χ1n) is 12.0. The molecular weight excluding hydrogens is 486 g/mol. The molecule has 0 amide bonds. The Hall–Kier alpha value is -2.38. The maximum Gasteiger partial charge on any atom is 0.211 e. The number of aromatic amines is 1. The van der Waals surface area contributed by atoms with Gasteiger partial charge in [0.05, 0.1) is 47.5 Å². The number of thiophene rings is 1. The zero-order chi connectivity index (χ0) is 24.0. The van der Waals surface area contributed by atoms with Crippen molar-refractivity contribution in [1.82, 2.24) is 29.4 Å². The number of hydrogen-bond donors (Lipinski definition) is 1. The van der Waals surface area contributed by atoms with Gasteiger partial charge >= 0.3 is 0 Å². The molecule has 1 aliphatic carbocycles. The Kier molecular flexibility index (Phi) is 6.09. The first kappa shape index (κ1) is 23.0. The number of nitrogens with zero attached hydrogens (tertiary/aromatic N) is 6. The van der Waals surface area contributed by atoms with E-state index in [0.29, 0.717) is 26.3 Å². The van der Waals surface area contributed by atoms with Gasteiger partial charge in [-0.05, 0) is 18.6 Å². The van der Waals surface area contributed by atoms with Crippen LogP contribution in [-0.4, -0.2) is 96.5 Å². The number of H-pyrrole nitrogens is 1. The van der Waals surface area contributed by atoms with Crippen LogP contribution in [0.5, 0.6) is 0 Å². The Morgan fingerprint density at radius 1 is 1.14 bits per heavy atom. The van der Waals surface area contributed by atoms with Crippen LogP contribution in [0.1, 0.15) is 34.3 Å². The van der Waals surface area contributed by atoms with E-state index in [0.717, 1.165) is 72.3 Å². The molecule has 0 bridgehead atoms. The molecule has 186 valence electrons. The molecule has 10 nitrogen and oxygen atoms in total. The Morgan fingerprint density at radius 2 is 1.94 bits per heavy atom. The van der Waals surface area contributed by atoms with Crippen LogP contribution in [0.15, 0.2) is 18.3 Å². The van der Waals surface area contributed by atoms with E-state index in [1.807, 2.05) is 6.20 Å². The lowest BCUT2D eigenvalue weighted by Crippen LogP contribution is -2.47. The second kappa shape index (κ2) is 9.25. The fourth-order valence-corrected chi connectivity index (χ4v) is 7.04. The van der Waals surface area contributed by atoms with Crippen LogP contribution >= 0.6 is 11.3 Å². The highest BCUT2D eigenvalue weighted by Crippen LogP contribution is 2.38. The van der Waals surface area contributed by atoms with Crippen molar-refractivity contribution >= 4 is 43.5 Å². The molecule has 2 fully saturated rings. The van der Waals surface area contributed by atoms with Crippen molar-refractivity contribution in [3.8, 4) is 0 Å². The number of aromatic nitrogens is 4. The van der Waals surface area contributed by atoms with Crippen LogP contribution in [0.25, 0.3) is 16.3 Å². The highest BCUT2D eigenvalue weighted by Gasteiger charge is 2.28. The summed E-state index contributed by atoms with van der Waals surface area (Å²) in [4.78, 5) is 16.0. The molecule has 12 heteroatoms. The number of piperazine rings is 1. The lowest BCUT2D eigenvalue weighted by Gasteiger charge is -2.32. The van der Waals surface area contributed by atoms with Gasteiger partial charge in [0.2, 0.25) is 10.0 Å². The average molecular weight is 516 g/mol. The predicted molar refractivity (Wildman–Crippen MR) is 136 cm³/mol. The SMILES string of the molecule is CS(=O)(=O)N1CCN(Cc2cc3nc(C4CC=Cc5[nH]ncc54)nc(N4CCOCC4)c3s2)CC1. The fraction of sp³-hybridized carbons (Fsp3) is 0.522. The first-order valence-corrected chi connectivity index (χ1v) is 14.6. The van der Waals surface area contributed by atoms with E-state index in [1.165, 1.54) is 11.1 Å². The summed E-state index contributed by atoms with van der Waals surface area (Å²) in [5.41, 5.74) is 3.14. The lowest BCUT2D eigenvalue weighted by molar-refractivity contribution is 0.122. The Bertz CT molecular complexity index is 1350. The van der Waals surface area contributed by atoms with Gasteiger partial charge in [-0.1, -0.05) is 6.08 Å². The van der Waals surface area contributed by atoms with Gasteiger partial charge in [0.1, 0.15) is 5.82 Å². The normalized spacial score (nSPS) is 22.1. The van der Waals surface area contributed by atoms with Gasteiger partial charge in [-0.2, -0.15) is 9.40 Å². The van der Waals surface area contributed by atoms with Crippen molar-refractivity contribution in [2.45, 2.75) is 18.9 Å². The molecule has 3 aromatic rings. The molecule has 6 rings (SSSR count). The number of sulfonamides is 1. The van der Waals surface area contributed by atoms with Crippen LogP contribution in [0.2, 0.25) is 0 Å². The van der Waals surface area contributed by atoms with Crippen LogP contribution in [-0.2, 0) is 21.3 Å². The number of allylic oxidation sites excluding steroid dienone is 1. The topological polar surface area (TPSA) is 108 Å². The van der Waals surface area contributed by atoms with Crippen LogP contribution in [0, 0.1) is 0 Å². The maximum absolute atomic E-state index is 11.8. The maximum atomic E-state index is 11.8. The number of hydrogen-bond acceptors (Lipinski definition) is 9. The van der Waals surface area contributed by atoms with Crippen LogP contribution in [0.4, 0.5) is 5.82 Å². The van der Waals surface area contributed by atoms with Crippen molar-refractivity contribution in [1.29, 1.82) is 0 Å². The summed E-state index contributed by atoms with van der Waals surface area (Å²) in [6, 6.07) is 2.19. The van der Waals surface area contributed by atoms with Gasteiger partial charge in [0, 0.05) is 56.3 Å². The Morgan fingerprint density at radius 3 is 2.71 bits per heavy atom. The van der Waals surface area contributed by atoms with Crippen molar-refractivity contribution < 1.29 is 13.2 Å². The molecule has 5 heterocycles. The predicted octanol–water partition coefficient (Wildman–Crippen LogP) is 1.88. The molecule has 0 spiro atoms. The number of fused-ring (bicyclic) bond motifs is 2. The van der Waals surface area contributed by atoms with Crippen LogP contribution < -0.4 is 4.90 Å². The lowest BCUT2D eigenvalue weighted by atomic mass is 9.91. The third kappa shape index (κ3) is 4.60. The first-order chi connectivity index (χ1) is 17.0. The second-order valence-electron chi connectivity index (χ2n) is 9.30. The highest BCUT2D eigenvalue weighted by molar-refractivity contribution is 7.88. The molecule has 1 atom stereocenters. The zero-order valence-corrected chi connectivity index (χ0v) is 21.3. The molecule has 3 aromatic heterocycles. The minimum absolute atomic E-state index is 0.0744. The molecule has 3 aliphatic rings. The number of ether oxygens (including phenoxy) is 1.